The number of nitrogens with zero attached hydrogens (tertiary/aromatic N) is 6. The molecule has 0 saturated carbocycles. The Kier molecular flexibility index (Phi) is 13.4. The van der Waals surface area contributed by atoms with Crippen LogP contribution in [0, 0.1) is 0 Å². The van der Waals surface area contributed by atoms with Crippen molar-refractivity contribution in [3.05, 3.63) is 90.1 Å². The number of rotatable bonds is 19. The van der Waals surface area contributed by atoms with Crippen molar-refractivity contribution in [2.45, 2.75) is 63.8 Å². The summed E-state index contributed by atoms with van der Waals surface area (Å²) in [7, 11) is -1.77. The molecule has 2 aromatic heterocycles. The van der Waals surface area contributed by atoms with Gasteiger partial charge in [-0.25, -0.2) is 17.9 Å². The van der Waals surface area contributed by atoms with Crippen LogP contribution in [0.5, 0.6) is 11.5 Å². The normalized spacial score (nSPS) is 16.9. The number of carbonyl (C=O) groups is 4. The molecule has 3 aliphatic heterocycles. The minimum absolute atomic E-state index is 0.0745. The number of amides is 4. The quantitative estimate of drug-likeness (QED) is 0.0660. The first kappa shape index (κ1) is 44.1. The van der Waals surface area contributed by atoms with Gasteiger partial charge in [0.25, 0.3) is 11.8 Å². The molecule has 1 atom stereocenters. The SMILES string of the molecule is COc1cc(N2CCN(CCCCCCCCCOc3cccc4c3C(=O)N(C3CCC(=O)NC3=O)C4=O)CC2)ccc1Nc1ncc2ccc(-c3cccc(NS(C)(=O)=O)c3)n2n1. The number of imide groups is 2. The second-order valence-electron chi connectivity index (χ2n) is 16.4. The lowest BCUT2D eigenvalue weighted by Crippen LogP contribution is -2.54. The number of methoxy groups -OCH3 is 1. The zero-order chi connectivity index (χ0) is 44.8. The number of hydrogen-bond donors (Lipinski definition) is 3. The molecule has 3 N–H and O–H groups in total. The number of ether oxygens (including phenoxy) is 2. The molecule has 1 unspecified atom stereocenters. The minimum Gasteiger partial charge on any atom is -0.494 e. The third-order valence-corrected chi connectivity index (χ3v) is 12.4. The number of anilines is 4. The summed E-state index contributed by atoms with van der Waals surface area (Å²) >= 11 is 0. The lowest BCUT2D eigenvalue weighted by molar-refractivity contribution is -0.136. The minimum atomic E-state index is -3.42. The van der Waals surface area contributed by atoms with E-state index in [2.05, 4.69) is 36.2 Å². The summed E-state index contributed by atoms with van der Waals surface area (Å²) in [5.41, 5.74) is 5.07. The molecule has 2 saturated heterocycles. The standard InChI is InChI=1S/C46H53N9O8S/c1-62-40-29-33(16-18-36(40)48-46-47-30-34-17-19-37(55(34)50-46)31-12-10-13-32(28-31)51-64(2,60)61)53-25-23-52(24-26-53)22-8-6-4-3-5-7-9-27-63-39-15-11-14-35-42(39)45(59)54(44(35)58)38-20-21-41(56)49-43(38)57/h10-19,28-30,38,51H,3-9,20-27H2,1-2H3,(H,48,50)(H,49,56,57). The molecule has 336 valence electrons. The van der Waals surface area contributed by atoms with Crippen molar-refractivity contribution in [1.82, 2.24) is 29.7 Å². The van der Waals surface area contributed by atoms with E-state index in [9.17, 15) is 27.6 Å². The maximum absolute atomic E-state index is 13.3. The van der Waals surface area contributed by atoms with Gasteiger partial charge in [0.05, 0.1) is 54.2 Å². The average molecular weight is 892 g/mol. The number of unbranched alkanes of at least 4 members (excludes halogenated alkanes) is 6. The molecule has 18 heteroatoms. The fraction of sp³-hybridized carbons (Fsp3) is 0.391. The maximum Gasteiger partial charge on any atom is 0.266 e. The number of hydrogen-bond acceptors (Lipinski definition) is 13. The van der Waals surface area contributed by atoms with Crippen molar-refractivity contribution >= 4 is 62.2 Å². The first-order chi connectivity index (χ1) is 31.0. The van der Waals surface area contributed by atoms with Crippen LogP contribution in [0.3, 0.4) is 0 Å². The maximum atomic E-state index is 13.3. The molecule has 64 heavy (non-hydrogen) atoms. The van der Waals surface area contributed by atoms with Gasteiger partial charge in [-0.2, -0.15) is 0 Å². The summed E-state index contributed by atoms with van der Waals surface area (Å²) in [6, 6.07) is 21.0. The van der Waals surface area contributed by atoms with Crippen LogP contribution in [0.1, 0.15) is 78.5 Å². The van der Waals surface area contributed by atoms with Crippen molar-refractivity contribution in [2.24, 2.45) is 0 Å². The zero-order valence-electron chi connectivity index (χ0n) is 36.0. The van der Waals surface area contributed by atoms with Gasteiger partial charge in [0, 0.05) is 55.6 Å². The van der Waals surface area contributed by atoms with Crippen molar-refractivity contribution in [2.75, 3.05) is 67.6 Å². The van der Waals surface area contributed by atoms with Gasteiger partial charge in [-0.05, 0) is 74.3 Å². The monoisotopic (exact) mass is 891 g/mol. The van der Waals surface area contributed by atoms with Gasteiger partial charge < -0.3 is 19.7 Å². The molecule has 3 aliphatic rings. The molecular formula is C46H53N9O8S. The molecular weight excluding hydrogens is 839 g/mol. The summed E-state index contributed by atoms with van der Waals surface area (Å²) in [4.78, 5) is 60.8. The van der Waals surface area contributed by atoms with Crippen LogP contribution in [0.15, 0.2) is 79.0 Å². The molecule has 0 aliphatic carbocycles. The van der Waals surface area contributed by atoms with Crippen molar-refractivity contribution in [3.63, 3.8) is 0 Å². The predicted molar refractivity (Wildman–Crippen MR) is 243 cm³/mol. The molecule has 0 radical (unpaired) electrons. The number of piperidine rings is 1. The van der Waals surface area contributed by atoms with Crippen molar-refractivity contribution in [3.8, 4) is 22.8 Å². The second-order valence-corrected chi connectivity index (χ2v) is 18.1. The van der Waals surface area contributed by atoms with E-state index in [1.807, 2.05) is 30.3 Å². The Labute approximate surface area is 372 Å². The summed E-state index contributed by atoms with van der Waals surface area (Å²) in [5, 5.41) is 10.3. The van der Waals surface area contributed by atoms with Gasteiger partial charge in [0.15, 0.2) is 0 Å². The van der Waals surface area contributed by atoms with Crippen LogP contribution in [-0.2, 0) is 19.6 Å². The first-order valence-electron chi connectivity index (χ1n) is 21.8. The van der Waals surface area contributed by atoms with E-state index in [-0.39, 0.29) is 24.0 Å². The third kappa shape index (κ3) is 10.1. The lowest BCUT2D eigenvalue weighted by atomic mass is 10.0. The summed E-state index contributed by atoms with van der Waals surface area (Å²) in [6.45, 7) is 5.32. The number of piperazine rings is 1. The molecule has 0 bridgehead atoms. The molecule has 5 aromatic rings. The number of benzene rings is 3. The van der Waals surface area contributed by atoms with Crippen LogP contribution in [0.2, 0.25) is 0 Å². The fourth-order valence-electron chi connectivity index (χ4n) is 8.57. The second kappa shape index (κ2) is 19.5. The molecule has 4 amide bonds. The molecule has 3 aromatic carbocycles. The number of nitrogens with one attached hydrogen (secondary N) is 3. The summed E-state index contributed by atoms with van der Waals surface area (Å²) < 4.78 is 39.7. The average Bonchev–Trinajstić information content (AvgIpc) is 3.81. The highest BCUT2D eigenvalue weighted by molar-refractivity contribution is 7.92. The van der Waals surface area contributed by atoms with Crippen molar-refractivity contribution in [1.29, 1.82) is 0 Å². The van der Waals surface area contributed by atoms with E-state index in [4.69, 9.17) is 14.6 Å². The highest BCUT2D eigenvalue weighted by Gasteiger charge is 2.46. The smallest absolute Gasteiger partial charge is 0.266 e. The van der Waals surface area contributed by atoms with Gasteiger partial charge in [-0.15, -0.1) is 5.10 Å². The Balaban J connectivity index is 0.732. The first-order valence-corrected chi connectivity index (χ1v) is 23.7. The predicted octanol–water partition coefficient (Wildman–Crippen LogP) is 5.85. The van der Waals surface area contributed by atoms with Crippen LogP contribution in [-0.4, -0.2) is 115 Å². The van der Waals surface area contributed by atoms with Gasteiger partial charge in [0.2, 0.25) is 27.8 Å². The fourth-order valence-corrected chi connectivity index (χ4v) is 9.13. The highest BCUT2D eigenvalue weighted by atomic mass is 32.2. The molecule has 0 spiro atoms. The molecule has 2 fully saturated rings. The van der Waals surface area contributed by atoms with E-state index in [0.29, 0.717) is 29.7 Å². The van der Waals surface area contributed by atoms with Crippen LogP contribution >= 0.6 is 0 Å². The largest absolute Gasteiger partial charge is 0.494 e. The Bertz CT molecular complexity index is 2660. The Hall–Kier alpha value is -6.53. The molecule has 8 rings (SSSR count). The summed E-state index contributed by atoms with van der Waals surface area (Å²) in [5.74, 6) is -0.722. The molecule has 5 heterocycles. The van der Waals surface area contributed by atoms with E-state index in [1.165, 1.54) is 12.8 Å². The highest BCUT2D eigenvalue weighted by Crippen LogP contribution is 2.35. The topological polar surface area (TPSA) is 197 Å². The zero-order valence-corrected chi connectivity index (χ0v) is 36.9. The van der Waals surface area contributed by atoms with Gasteiger partial charge >= 0.3 is 0 Å². The Morgan fingerprint density at radius 2 is 1.59 bits per heavy atom. The van der Waals surface area contributed by atoms with E-state index in [0.717, 1.165) is 104 Å². The van der Waals surface area contributed by atoms with Crippen molar-refractivity contribution < 1.29 is 37.1 Å². The van der Waals surface area contributed by atoms with Gasteiger partial charge in [-0.1, -0.05) is 50.3 Å². The number of carbonyl (C=O) groups excluding carboxylic acids is 4. The van der Waals surface area contributed by atoms with E-state index < -0.39 is 39.7 Å². The number of aromatic nitrogens is 3. The van der Waals surface area contributed by atoms with Crippen LogP contribution in [0.25, 0.3) is 16.8 Å². The van der Waals surface area contributed by atoms with Crippen LogP contribution < -0.4 is 29.7 Å². The van der Waals surface area contributed by atoms with Gasteiger partial charge in [0.1, 0.15) is 17.5 Å². The van der Waals surface area contributed by atoms with E-state index >= 15 is 0 Å². The number of fused-ring (bicyclic) bond motifs is 2. The lowest BCUT2D eigenvalue weighted by Gasteiger charge is -2.36. The summed E-state index contributed by atoms with van der Waals surface area (Å²) in [6.07, 6.45) is 10.6. The number of sulfonamides is 1. The third-order valence-electron chi connectivity index (χ3n) is 11.8. The Morgan fingerprint density at radius 1 is 0.828 bits per heavy atom. The molecule has 17 nitrogen and oxygen atoms in total. The van der Waals surface area contributed by atoms with Gasteiger partial charge in [-0.3, -0.25) is 39.0 Å². The van der Waals surface area contributed by atoms with Crippen LogP contribution in [0.4, 0.5) is 23.0 Å². The van der Waals surface area contributed by atoms with E-state index in [1.54, 1.807) is 54.2 Å². The Morgan fingerprint density at radius 3 is 2.36 bits per heavy atom.